The number of rotatable bonds is 3. The van der Waals surface area contributed by atoms with Gasteiger partial charge in [-0.15, -0.1) is 0 Å². The molecule has 0 saturated carbocycles. The Kier molecular flexibility index (Phi) is 4.62. The van der Waals surface area contributed by atoms with Gasteiger partial charge in [0.25, 0.3) is 0 Å². The number of nitrogens with two attached hydrogens (primary N) is 1. The molecule has 0 atom stereocenters. The molecule has 0 spiro atoms. The first-order chi connectivity index (χ1) is 9.28. The van der Waals surface area contributed by atoms with Gasteiger partial charge in [-0.25, -0.2) is 9.98 Å². The average molecular weight is 278 g/mol. The van der Waals surface area contributed by atoms with Crippen LogP contribution in [0.1, 0.15) is 5.76 Å². The molecule has 0 aliphatic heterocycles. The van der Waals surface area contributed by atoms with Crippen LogP contribution in [0.3, 0.4) is 0 Å². The fourth-order valence-electron chi connectivity index (χ4n) is 1.26. The number of furan rings is 1. The summed E-state index contributed by atoms with van der Waals surface area (Å²) in [6.07, 6.45) is 6.72. The molecular formula is C11H14N6OS. The number of aromatic amines is 1. The van der Waals surface area contributed by atoms with Crippen molar-refractivity contribution in [2.24, 2.45) is 15.7 Å². The van der Waals surface area contributed by atoms with Crippen molar-refractivity contribution in [1.29, 1.82) is 0 Å². The number of imidazole rings is 1. The van der Waals surface area contributed by atoms with Crippen LogP contribution in [0.4, 0.5) is 5.82 Å². The van der Waals surface area contributed by atoms with E-state index in [2.05, 4.69) is 25.3 Å². The minimum Gasteiger partial charge on any atom is -0.467 e. The molecule has 0 fully saturated rings. The first-order valence-corrected chi connectivity index (χ1v) is 6.71. The fourth-order valence-corrected chi connectivity index (χ4v) is 1.66. The lowest BCUT2D eigenvalue weighted by atomic mass is 10.5. The Bertz CT molecular complexity index is 546. The number of hydrogen-bond acceptors (Lipinski definition) is 4. The Hall–Kier alpha value is -2.22. The van der Waals surface area contributed by atoms with E-state index in [-0.39, 0.29) is 5.96 Å². The summed E-state index contributed by atoms with van der Waals surface area (Å²) in [5, 5.41) is 3.67. The van der Waals surface area contributed by atoms with Gasteiger partial charge < -0.3 is 20.5 Å². The van der Waals surface area contributed by atoms with Crippen molar-refractivity contribution >= 4 is 28.7 Å². The number of aromatic nitrogens is 2. The van der Waals surface area contributed by atoms with Crippen LogP contribution in [0.5, 0.6) is 0 Å². The van der Waals surface area contributed by atoms with Crippen LogP contribution < -0.4 is 11.1 Å². The number of hydrogen-bond donors (Lipinski definition) is 3. The molecule has 0 radical (unpaired) electrons. The molecule has 0 aliphatic carbocycles. The number of nitrogens with one attached hydrogen (secondary N) is 2. The molecule has 7 nitrogen and oxygen atoms in total. The number of H-pyrrole nitrogens is 1. The fraction of sp³-hybridized carbons (Fsp3) is 0.182. The predicted molar refractivity (Wildman–Crippen MR) is 77.2 cm³/mol. The molecule has 19 heavy (non-hydrogen) atoms. The zero-order valence-electron chi connectivity index (χ0n) is 10.3. The van der Waals surface area contributed by atoms with Crippen molar-refractivity contribution in [2.45, 2.75) is 6.54 Å². The molecule has 0 aliphatic rings. The zero-order chi connectivity index (χ0) is 13.5. The summed E-state index contributed by atoms with van der Waals surface area (Å²) < 4.78 is 5.16. The smallest absolute Gasteiger partial charge is 0.218 e. The van der Waals surface area contributed by atoms with E-state index < -0.39 is 0 Å². The third-order valence-corrected chi connectivity index (χ3v) is 2.71. The summed E-state index contributed by atoms with van der Waals surface area (Å²) in [6, 6.07) is 3.64. The largest absolute Gasteiger partial charge is 0.467 e. The second-order valence-electron chi connectivity index (χ2n) is 3.47. The van der Waals surface area contributed by atoms with Gasteiger partial charge in [-0.05, 0) is 18.4 Å². The van der Waals surface area contributed by atoms with Crippen molar-refractivity contribution in [2.75, 3.05) is 11.6 Å². The van der Waals surface area contributed by atoms with Gasteiger partial charge in [0.1, 0.15) is 18.1 Å². The van der Waals surface area contributed by atoms with Gasteiger partial charge in [0.15, 0.2) is 5.17 Å². The topological polar surface area (TPSA) is 105 Å². The maximum Gasteiger partial charge on any atom is 0.218 e. The molecule has 0 saturated heterocycles. The molecule has 0 aromatic carbocycles. The summed E-state index contributed by atoms with van der Waals surface area (Å²) in [6.45, 7) is 0.369. The molecule has 2 rings (SSSR count). The van der Waals surface area contributed by atoms with E-state index in [1.165, 1.54) is 11.8 Å². The van der Waals surface area contributed by atoms with Gasteiger partial charge in [-0.1, -0.05) is 11.8 Å². The summed E-state index contributed by atoms with van der Waals surface area (Å²) >= 11 is 1.43. The lowest BCUT2D eigenvalue weighted by molar-refractivity contribution is 0.512. The van der Waals surface area contributed by atoms with E-state index in [9.17, 15) is 0 Å². The first-order valence-electron chi connectivity index (χ1n) is 5.48. The second kappa shape index (κ2) is 6.64. The van der Waals surface area contributed by atoms with Gasteiger partial charge >= 0.3 is 0 Å². The number of nitrogens with zero attached hydrogens (tertiary/aromatic N) is 3. The van der Waals surface area contributed by atoms with Gasteiger partial charge in [0.2, 0.25) is 5.96 Å². The van der Waals surface area contributed by atoms with Crippen molar-refractivity contribution in [3.63, 3.8) is 0 Å². The SMILES string of the molecule is CS/C(=N\C(N)=NCc1ccco1)Nc1cnc[nH]1. The maximum atomic E-state index is 5.74. The van der Waals surface area contributed by atoms with Crippen molar-refractivity contribution in [1.82, 2.24) is 9.97 Å². The van der Waals surface area contributed by atoms with E-state index in [1.807, 2.05) is 12.3 Å². The first kappa shape index (κ1) is 13.2. The Balaban J connectivity index is 1.98. The van der Waals surface area contributed by atoms with Crippen LogP contribution >= 0.6 is 11.8 Å². The molecule has 8 heteroatoms. The van der Waals surface area contributed by atoms with Gasteiger partial charge in [0.05, 0.1) is 18.8 Å². The van der Waals surface area contributed by atoms with Gasteiger partial charge in [-0.3, -0.25) is 0 Å². The van der Waals surface area contributed by atoms with Crippen LogP contribution in [0.25, 0.3) is 0 Å². The highest BCUT2D eigenvalue weighted by Crippen LogP contribution is 2.06. The number of anilines is 1. The number of aliphatic imine (C=N–C) groups is 2. The van der Waals surface area contributed by atoms with Crippen LogP contribution in [0.2, 0.25) is 0 Å². The predicted octanol–water partition coefficient (Wildman–Crippen LogP) is 1.65. The molecular weight excluding hydrogens is 264 g/mol. The Morgan fingerprint density at radius 2 is 2.53 bits per heavy atom. The van der Waals surface area contributed by atoms with Crippen LogP contribution in [-0.2, 0) is 6.54 Å². The van der Waals surface area contributed by atoms with Gasteiger partial charge in [0, 0.05) is 0 Å². The maximum absolute atomic E-state index is 5.74. The van der Waals surface area contributed by atoms with Crippen molar-refractivity contribution in [3.05, 3.63) is 36.7 Å². The highest BCUT2D eigenvalue weighted by atomic mass is 32.2. The average Bonchev–Trinajstić information content (AvgIpc) is 3.08. The third-order valence-electron chi connectivity index (χ3n) is 2.13. The Morgan fingerprint density at radius 1 is 1.63 bits per heavy atom. The molecule has 0 amide bonds. The lowest BCUT2D eigenvalue weighted by Gasteiger charge is -2.04. The van der Waals surface area contributed by atoms with E-state index in [0.29, 0.717) is 11.7 Å². The zero-order valence-corrected chi connectivity index (χ0v) is 11.1. The number of amidine groups is 1. The summed E-state index contributed by atoms with van der Waals surface area (Å²) in [7, 11) is 0. The van der Waals surface area contributed by atoms with E-state index in [4.69, 9.17) is 10.2 Å². The molecule has 0 unspecified atom stereocenters. The van der Waals surface area contributed by atoms with E-state index >= 15 is 0 Å². The Morgan fingerprint density at radius 3 is 3.16 bits per heavy atom. The molecule has 2 aromatic heterocycles. The lowest BCUT2D eigenvalue weighted by Crippen LogP contribution is -2.16. The highest BCUT2D eigenvalue weighted by Gasteiger charge is 2.01. The number of guanidine groups is 1. The van der Waals surface area contributed by atoms with Gasteiger partial charge in [-0.2, -0.15) is 4.99 Å². The van der Waals surface area contributed by atoms with Crippen LogP contribution in [0, 0.1) is 0 Å². The normalized spacial score (nSPS) is 12.7. The second-order valence-corrected chi connectivity index (χ2v) is 4.26. The van der Waals surface area contributed by atoms with Crippen LogP contribution in [-0.4, -0.2) is 27.4 Å². The minimum atomic E-state index is 0.188. The summed E-state index contributed by atoms with van der Waals surface area (Å²) in [4.78, 5) is 15.1. The van der Waals surface area contributed by atoms with Crippen molar-refractivity contribution < 1.29 is 4.42 Å². The molecule has 0 bridgehead atoms. The standard InChI is InChI=1S/C11H14N6OS/c1-19-11(16-9-6-13-7-15-9)17-10(12)14-5-8-3-2-4-18-8/h2-4,6-7H,5H2,1H3,(H,13,15)(H3,12,14,16,17). The highest BCUT2D eigenvalue weighted by molar-refractivity contribution is 8.13. The van der Waals surface area contributed by atoms with Crippen molar-refractivity contribution in [3.8, 4) is 0 Å². The molecule has 2 heterocycles. The van der Waals surface area contributed by atoms with E-state index in [1.54, 1.807) is 24.9 Å². The monoisotopic (exact) mass is 278 g/mol. The minimum absolute atomic E-state index is 0.188. The quantitative estimate of drug-likeness (QED) is 0.585. The third kappa shape index (κ3) is 4.18. The summed E-state index contributed by atoms with van der Waals surface area (Å²) in [5.74, 6) is 1.67. The molecule has 2 aromatic rings. The summed E-state index contributed by atoms with van der Waals surface area (Å²) in [5.41, 5.74) is 5.74. The molecule has 100 valence electrons. The Labute approximate surface area is 114 Å². The van der Waals surface area contributed by atoms with E-state index in [0.717, 1.165) is 11.6 Å². The van der Waals surface area contributed by atoms with Crippen LogP contribution in [0.15, 0.2) is 45.3 Å². The number of thioether (sulfide) groups is 1. The molecule has 4 N–H and O–H groups in total.